The Bertz CT molecular complexity index is 1030. The molecule has 1 spiro atoms. The number of carbonyl (C=O) groups excluding carboxylic acids is 3. The summed E-state index contributed by atoms with van der Waals surface area (Å²) in [6, 6.07) is 10.9. The molecule has 154 valence electrons. The third-order valence-corrected chi connectivity index (χ3v) is 6.27. The van der Waals surface area contributed by atoms with Crippen molar-refractivity contribution in [2.45, 2.75) is 30.7 Å². The maximum absolute atomic E-state index is 13.2. The molecule has 0 radical (unpaired) electrons. The molecule has 0 unspecified atom stereocenters. The number of pyridine rings is 1. The van der Waals surface area contributed by atoms with Crippen LogP contribution < -0.4 is 0 Å². The van der Waals surface area contributed by atoms with Crippen molar-refractivity contribution in [2.75, 3.05) is 20.2 Å². The van der Waals surface area contributed by atoms with Gasteiger partial charge in [-0.3, -0.25) is 14.6 Å². The second-order valence-corrected chi connectivity index (χ2v) is 7.79. The lowest BCUT2D eigenvalue weighted by Crippen LogP contribution is -2.48. The van der Waals surface area contributed by atoms with Gasteiger partial charge < -0.3 is 19.3 Å². The number of esters is 1. The van der Waals surface area contributed by atoms with Crippen LogP contribution in [0.5, 0.6) is 0 Å². The third kappa shape index (κ3) is 2.71. The van der Waals surface area contributed by atoms with E-state index in [1.54, 1.807) is 9.80 Å². The minimum absolute atomic E-state index is 0.00244. The van der Waals surface area contributed by atoms with Gasteiger partial charge in [-0.25, -0.2) is 4.79 Å². The molecular weight excluding hydrogens is 386 g/mol. The SMILES string of the molecule is COC(=O)c1cncc(C(=O)N2CC[C@@]34O[C@H](c5ccccc5)CN3C(=O)C[C@@H]24)c1. The molecule has 3 aliphatic rings. The molecule has 30 heavy (non-hydrogen) atoms. The topological polar surface area (TPSA) is 89.0 Å². The highest BCUT2D eigenvalue weighted by Gasteiger charge is 2.65. The molecule has 5 rings (SSSR count). The molecule has 0 bridgehead atoms. The van der Waals surface area contributed by atoms with Crippen molar-refractivity contribution in [2.24, 2.45) is 0 Å². The molecule has 8 nitrogen and oxygen atoms in total. The summed E-state index contributed by atoms with van der Waals surface area (Å²) < 4.78 is 11.2. The van der Waals surface area contributed by atoms with Crippen molar-refractivity contribution in [1.29, 1.82) is 0 Å². The molecule has 8 heteroatoms. The molecule has 0 saturated carbocycles. The van der Waals surface area contributed by atoms with Crippen molar-refractivity contribution in [3.63, 3.8) is 0 Å². The molecule has 3 saturated heterocycles. The number of benzene rings is 1. The van der Waals surface area contributed by atoms with E-state index in [4.69, 9.17) is 9.47 Å². The second-order valence-electron chi connectivity index (χ2n) is 7.79. The normalized spacial score (nSPS) is 27.2. The van der Waals surface area contributed by atoms with Gasteiger partial charge in [0.25, 0.3) is 5.91 Å². The zero-order valence-electron chi connectivity index (χ0n) is 16.5. The summed E-state index contributed by atoms with van der Waals surface area (Å²) in [5.74, 6) is -0.823. The van der Waals surface area contributed by atoms with Gasteiger partial charge in [0.2, 0.25) is 5.91 Å². The molecular formula is C22H21N3O5. The van der Waals surface area contributed by atoms with Crippen LogP contribution in [0.4, 0.5) is 0 Å². The highest BCUT2D eigenvalue weighted by atomic mass is 16.5. The monoisotopic (exact) mass is 407 g/mol. The molecule has 3 aliphatic heterocycles. The minimum Gasteiger partial charge on any atom is -0.465 e. The number of nitrogens with zero attached hydrogens (tertiary/aromatic N) is 3. The summed E-state index contributed by atoms with van der Waals surface area (Å²) in [5.41, 5.74) is 0.731. The maximum atomic E-state index is 13.2. The van der Waals surface area contributed by atoms with Gasteiger partial charge in [-0.05, 0) is 11.6 Å². The Labute approximate surface area is 173 Å². The first kappa shape index (κ1) is 18.7. The summed E-state index contributed by atoms with van der Waals surface area (Å²) in [4.78, 5) is 45.3. The Morgan fingerprint density at radius 3 is 2.73 bits per heavy atom. The lowest BCUT2D eigenvalue weighted by molar-refractivity contribution is -0.138. The van der Waals surface area contributed by atoms with E-state index in [0.29, 0.717) is 25.1 Å². The molecule has 3 atom stereocenters. The highest BCUT2D eigenvalue weighted by Crippen LogP contribution is 2.50. The number of hydrogen-bond acceptors (Lipinski definition) is 6. The van der Waals surface area contributed by atoms with Crippen LogP contribution in [0.1, 0.15) is 45.2 Å². The highest BCUT2D eigenvalue weighted by molar-refractivity contribution is 5.98. The van der Waals surface area contributed by atoms with E-state index in [9.17, 15) is 14.4 Å². The van der Waals surface area contributed by atoms with Crippen molar-refractivity contribution >= 4 is 17.8 Å². The Balaban J connectivity index is 1.42. The van der Waals surface area contributed by atoms with Gasteiger partial charge in [-0.2, -0.15) is 0 Å². The molecule has 4 heterocycles. The van der Waals surface area contributed by atoms with E-state index in [1.807, 2.05) is 30.3 Å². The average molecular weight is 407 g/mol. The van der Waals surface area contributed by atoms with Crippen molar-refractivity contribution in [1.82, 2.24) is 14.8 Å². The van der Waals surface area contributed by atoms with Crippen LogP contribution in [0, 0.1) is 0 Å². The Morgan fingerprint density at radius 1 is 1.20 bits per heavy atom. The molecule has 0 aliphatic carbocycles. The first-order valence-corrected chi connectivity index (χ1v) is 9.91. The van der Waals surface area contributed by atoms with E-state index in [-0.39, 0.29) is 35.9 Å². The molecule has 3 fully saturated rings. The number of hydrogen-bond donors (Lipinski definition) is 0. The molecule has 0 N–H and O–H groups in total. The summed E-state index contributed by atoms with van der Waals surface area (Å²) >= 11 is 0. The lowest BCUT2D eigenvalue weighted by Gasteiger charge is -2.32. The number of rotatable bonds is 3. The molecule has 1 aromatic heterocycles. The minimum atomic E-state index is -0.791. The van der Waals surface area contributed by atoms with E-state index >= 15 is 0 Å². The van der Waals surface area contributed by atoms with Crippen LogP contribution in [0.15, 0.2) is 48.8 Å². The van der Waals surface area contributed by atoms with E-state index in [0.717, 1.165) is 5.56 Å². The van der Waals surface area contributed by atoms with E-state index in [1.165, 1.54) is 25.6 Å². The van der Waals surface area contributed by atoms with Gasteiger partial charge in [-0.15, -0.1) is 0 Å². The van der Waals surface area contributed by atoms with Crippen molar-refractivity contribution < 1.29 is 23.9 Å². The van der Waals surface area contributed by atoms with E-state index in [2.05, 4.69) is 4.98 Å². The largest absolute Gasteiger partial charge is 0.465 e. The van der Waals surface area contributed by atoms with Gasteiger partial charge in [0, 0.05) is 25.4 Å². The van der Waals surface area contributed by atoms with Gasteiger partial charge in [0.15, 0.2) is 5.72 Å². The number of amides is 2. The predicted octanol–water partition coefficient (Wildman–Crippen LogP) is 1.78. The van der Waals surface area contributed by atoms with Crippen LogP contribution in [0.3, 0.4) is 0 Å². The number of methoxy groups -OCH3 is 1. The number of likely N-dealkylation sites (tertiary alicyclic amines) is 1. The van der Waals surface area contributed by atoms with Crippen LogP contribution in [-0.4, -0.2) is 64.5 Å². The zero-order chi connectivity index (χ0) is 20.9. The predicted molar refractivity (Wildman–Crippen MR) is 104 cm³/mol. The van der Waals surface area contributed by atoms with Crippen LogP contribution in [-0.2, 0) is 14.3 Å². The first-order valence-electron chi connectivity index (χ1n) is 9.91. The summed E-state index contributed by atoms with van der Waals surface area (Å²) in [6.07, 6.45) is 3.37. The van der Waals surface area contributed by atoms with Gasteiger partial charge in [-0.1, -0.05) is 30.3 Å². The van der Waals surface area contributed by atoms with Crippen molar-refractivity contribution in [3.05, 3.63) is 65.5 Å². The summed E-state index contributed by atoms with van der Waals surface area (Å²) in [5, 5.41) is 0. The molecule has 1 aromatic carbocycles. The van der Waals surface area contributed by atoms with Gasteiger partial charge >= 0.3 is 5.97 Å². The Morgan fingerprint density at radius 2 is 1.97 bits per heavy atom. The first-order chi connectivity index (χ1) is 14.5. The van der Waals surface area contributed by atoms with Crippen molar-refractivity contribution in [3.8, 4) is 0 Å². The Kier molecular flexibility index (Phi) is 4.32. The molecule has 2 amide bonds. The lowest BCUT2D eigenvalue weighted by atomic mass is 10.1. The van der Waals surface area contributed by atoms with Crippen LogP contribution in [0.25, 0.3) is 0 Å². The van der Waals surface area contributed by atoms with Gasteiger partial charge in [0.1, 0.15) is 6.10 Å². The quantitative estimate of drug-likeness (QED) is 0.721. The molecule has 2 aromatic rings. The smallest absolute Gasteiger partial charge is 0.339 e. The number of aromatic nitrogens is 1. The van der Waals surface area contributed by atoms with Crippen LogP contribution >= 0.6 is 0 Å². The fraction of sp³-hybridized carbons (Fsp3) is 0.364. The maximum Gasteiger partial charge on any atom is 0.339 e. The van der Waals surface area contributed by atoms with E-state index < -0.39 is 11.7 Å². The van der Waals surface area contributed by atoms with Gasteiger partial charge in [0.05, 0.1) is 37.2 Å². The standard InChI is InChI=1S/C22H21N3O5/c1-29-21(28)16-9-15(11-23-12-16)20(27)24-8-7-22-18(24)10-19(26)25(22)13-17(30-22)14-5-3-2-4-6-14/h2-6,9,11-12,17-18H,7-8,10,13H2,1H3/t17-,18+,22-/m0/s1. The second kappa shape index (κ2) is 6.91. The summed E-state index contributed by atoms with van der Waals surface area (Å²) in [7, 11) is 1.28. The van der Waals surface area contributed by atoms with Crippen LogP contribution in [0.2, 0.25) is 0 Å². The number of ether oxygens (including phenoxy) is 2. The fourth-order valence-electron chi connectivity index (χ4n) is 4.86. The number of carbonyl (C=O) groups is 3. The third-order valence-electron chi connectivity index (χ3n) is 6.27. The zero-order valence-corrected chi connectivity index (χ0v) is 16.5. The summed E-state index contributed by atoms with van der Waals surface area (Å²) in [6.45, 7) is 0.956. The average Bonchev–Trinajstić information content (AvgIpc) is 3.41. The fourth-order valence-corrected chi connectivity index (χ4v) is 4.86. The Hall–Kier alpha value is -3.26.